The number of ketones is 1. The van der Waals surface area contributed by atoms with Gasteiger partial charge in [0, 0.05) is 12.5 Å². The molecule has 0 aliphatic rings. The van der Waals surface area contributed by atoms with Crippen molar-refractivity contribution in [1.82, 2.24) is 5.32 Å². The smallest absolute Gasteiger partial charge is 0.407 e. The number of carboxylic acids is 1. The van der Waals surface area contributed by atoms with Gasteiger partial charge in [-0.2, -0.15) is 0 Å². The number of nitrogens with one attached hydrogen (secondary N) is 1. The maximum absolute atomic E-state index is 11.5. The molecule has 0 aromatic rings. The summed E-state index contributed by atoms with van der Waals surface area (Å²) in [7, 11) is 0. The fraction of sp³-hybridized carbons (Fsp3) is 0.750. The maximum atomic E-state index is 11.5. The van der Waals surface area contributed by atoms with Gasteiger partial charge in [-0.15, -0.1) is 0 Å². The minimum absolute atomic E-state index is 0.0687. The first-order valence-corrected chi connectivity index (χ1v) is 5.78. The molecule has 0 rings (SSSR count). The largest absolute Gasteiger partial charge is 0.476 e. The molecule has 1 atom stereocenters. The fourth-order valence-corrected chi connectivity index (χ4v) is 1.20. The predicted molar refractivity (Wildman–Crippen MR) is 65.3 cm³/mol. The summed E-state index contributed by atoms with van der Waals surface area (Å²) >= 11 is 0. The van der Waals surface area contributed by atoms with E-state index in [0.29, 0.717) is 0 Å². The van der Waals surface area contributed by atoms with Gasteiger partial charge in [0.15, 0.2) is 0 Å². The Labute approximate surface area is 107 Å². The summed E-state index contributed by atoms with van der Waals surface area (Å²) in [6, 6.07) is -0.552. The van der Waals surface area contributed by atoms with Crippen LogP contribution in [-0.4, -0.2) is 34.6 Å². The van der Waals surface area contributed by atoms with Crippen molar-refractivity contribution in [2.24, 2.45) is 5.92 Å². The quantitative estimate of drug-likeness (QED) is 0.731. The molecule has 0 aliphatic carbocycles. The third-order valence-electron chi connectivity index (χ3n) is 2.15. The average Bonchev–Trinajstić information content (AvgIpc) is 2.12. The predicted octanol–water partition coefficient (Wildman–Crippen LogP) is 1.58. The van der Waals surface area contributed by atoms with Gasteiger partial charge in [-0.3, -0.25) is 4.79 Å². The van der Waals surface area contributed by atoms with Crippen LogP contribution in [0.25, 0.3) is 0 Å². The topological polar surface area (TPSA) is 92.7 Å². The molecule has 0 saturated carbocycles. The molecular formula is C12H21NO5. The molecule has 104 valence electrons. The van der Waals surface area contributed by atoms with Crippen LogP contribution in [0.4, 0.5) is 4.79 Å². The molecule has 6 heteroatoms. The lowest BCUT2D eigenvalue weighted by Crippen LogP contribution is -2.43. The van der Waals surface area contributed by atoms with E-state index >= 15 is 0 Å². The van der Waals surface area contributed by atoms with Gasteiger partial charge >= 0.3 is 12.1 Å². The normalized spacial score (nSPS) is 13.0. The molecule has 0 aromatic heterocycles. The molecule has 0 bridgehead atoms. The standard InChI is InChI=1S/C12H21NO5/c1-7(2)8(6-9(14)10(15)16)13-11(17)18-12(3,4)5/h7-8H,6H2,1-5H3,(H,13,17)(H,15,16). The van der Waals surface area contributed by atoms with E-state index in [-0.39, 0.29) is 12.3 Å². The van der Waals surface area contributed by atoms with Crippen molar-refractivity contribution in [3.05, 3.63) is 0 Å². The third kappa shape index (κ3) is 6.88. The third-order valence-corrected chi connectivity index (χ3v) is 2.15. The first-order chi connectivity index (χ1) is 8.03. The molecule has 0 aliphatic heterocycles. The van der Waals surface area contributed by atoms with Crippen molar-refractivity contribution in [1.29, 1.82) is 0 Å². The van der Waals surface area contributed by atoms with E-state index in [1.807, 2.05) is 0 Å². The minimum Gasteiger partial charge on any atom is -0.476 e. The fourth-order valence-electron chi connectivity index (χ4n) is 1.20. The van der Waals surface area contributed by atoms with E-state index in [1.54, 1.807) is 34.6 Å². The number of ether oxygens (including phenoxy) is 1. The summed E-state index contributed by atoms with van der Waals surface area (Å²) in [6.45, 7) is 8.74. The molecule has 1 unspecified atom stereocenters. The molecule has 0 fully saturated rings. The highest BCUT2D eigenvalue weighted by molar-refractivity contribution is 6.32. The highest BCUT2D eigenvalue weighted by Crippen LogP contribution is 2.10. The highest BCUT2D eigenvalue weighted by atomic mass is 16.6. The zero-order valence-electron chi connectivity index (χ0n) is 11.4. The van der Waals surface area contributed by atoms with Crippen LogP contribution in [0.1, 0.15) is 41.0 Å². The first-order valence-electron chi connectivity index (χ1n) is 5.78. The molecular weight excluding hydrogens is 238 g/mol. The van der Waals surface area contributed by atoms with Crippen LogP contribution in [0.5, 0.6) is 0 Å². The Bertz CT molecular complexity index is 330. The monoisotopic (exact) mass is 259 g/mol. The molecule has 0 heterocycles. The van der Waals surface area contributed by atoms with Crippen molar-refractivity contribution < 1.29 is 24.2 Å². The van der Waals surface area contributed by atoms with Crippen LogP contribution in [0.15, 0.2) is 0 Å². The van der Waals surface area contributed by atoms with E-state index in [1.165, 1.54) is 0 Å². The van der Waals surface area contributed by atoms with E-state index in [9.17, 15) is 14.4 Å². The zero-order chi connectivity index (χ0) is 14.5. The average molecular weight is 259 g/mol. The molecule has 0 saturated heterocycles. The Balaban J connectivity index is 4.50. The summed E-state index contributed by atoms with van der Waals surface area (Å²) < 4.78 is 5.05. The number of Topliss-reactive ketones (excluding diaryl/α,β-unsaturated/α-hetero) is 1. The Morgan fingerprint density at radius 2 is 1.72 bits per heavy atom. The molecule has 0 aromatic carbocycles. The summed E-state index contributed by atoms with van der Waals surface area (Å²) in [5.74, 6) is -2.49. The van der Waals surface area contributed by atoms with Crippen molar-refractivity contribution in [2.75, 3.05) is 0 Å². The Morgan fingerprint density at radius 3 is 2.06 bits per heavy atom. The number of amides is 1. The number of alkyl carbamates (subject to hydrolysis) is 1. The molecule has 1 amide bonds. The van der Waals surface area contributed by atoms with Crippen LogP contribution < -0.4 is 5.32 Å². The number of hydrogen-bond acceptors (Lipinski definition) is 4. The van der Waals surface area contributed by atoms with Gasteiger partial charge in [0.2, 0.25) is 5.78 Å². The van der Waals surface area contributed by atoms with Crippen molar-refractivity contribution >= 4 is 17.8 Å². The summed E-state index contributed by atoms with van der Waals surface area (Å²) in [6.07, 6.45) is -0.897. The van der Waals surface area contributed by atoms with Gasteiger partial charge in [0.25, 0.3) is 0 Å². The van der Waals surface area contributed by atoms with Gasteiger partial charge in [-0.05, 0) is 26.7 Å². The molecule has 6 nitrogen and oxygen atoms in total. The summed E-state index contributed by atoms with van der Waals surface area (Å²) in [4.78, 5) is 33.1. The number of rotatable bonds is 5. The van der Waals surface area contributed by atoms with Gasteiger partial charge in [0.05, 0.1) is 0 Å². The van der Waals surface area contributed by atoms with E-state index in [2.05, 4.69) is 5.32 Å². The van der Waals surface area contributed by atoms with Crippen LogP contribution in [0, 0.1) is 5.92 Å². The lowest BCUT2D eigenvalue weighted by atomic mass is 9.99. The van der Waals surface area contributed by atoms with E-state index in [4.69, 9.17) is 9.84 Å². The van der Waals surface area contributed by atoms with Crippen LogP contribution >= 0.6 is 0 Å². The first kappa shape index (κ1) is 16.4. The Morgan fingerprint density at radius 1 is 1.22 bits per heavy atom. The SMILES string of the molecule is CC(C)C(CC(=O)C(=O)O)NC(=O)OC(C)(C)C. The van der Waals surface area contributed by atoms with Crippen LogP contribution in [0.3, 0.4) is 0 Å². The molecule has 18 heavy (non-hydrogen) atoms. The summed E-state index contributed by atoms with van der Waals surface area (Å²) in [5, 5.41) is 11.1. The lowest BCUT2D eigenvalue weighted by Gasteiger charge is -2.25. The van der Waals surface area contributed by atoms with Gasteiger partial charge in [0.1, 0.15) is 5.60 Å². The number of carbonyl (C=O) groups excluding carboxylic acids is 2. The summed E-state index contributed by atoms with van der Waals surface area (Å²) in [5.41, 5.74) is -0.636. The van der Waals surface area contributed by atoms with E-state index < -0.39 is 29.5 Å². The maximum Gasteiger partial charge on any atom is 0.407 e. The number of aliphatic carboxylic acids is 1. The molecule has 0 spiro atoms. The van der Waals surface area contributed by atoms with Crippen LogP contribution in [-0.2, 0) is 14.3 Å². The van der Waals surface area contributed by atoms with Crippen molar-refractivity contribution in [3.63, 3.8) is 0 Å². The van der Waals surface area contributed by atoms with Gasteiger partial charge in [-0.25, -0.2) is 9.59 Å². The minimum atomic E-state index is -1.49. The van der Waals surface area contributed by atoms with E-state index in [0.717, 1.165) is 0 Å². The number of carbonyl (C=O) groups is 3. The van der Waals surface area contributed by atoms with Crippen molar-refractivity contribution in [3.8, 4) is 0 Å². The lowest BCUT2D eigenvalue weighted by molar-refractivity contribution is -0.149. The van der Waals surface area contributed by atoms with Crippen LogP contribution in [0.2, 0.25) is 0 Å². The second kappa shape index (κ2) is 6.37. The Hall–Kier alpha value is -1.59. The van der Waals surface area contributed by atoms with Gasteiger partial charge in [-0.1, -0.05) is 13.8 Å². The second-order valence-corrected chi connectivity index (χ2v) is 5.43. The molecule has 2 N–H and O–H groups in total. The zero-order valence-corrected chi connectivity index (χ0v) is 11.4. The highest BCUT2D eigenvalue weighted by Gasteiger charge is 2.25. The second-order valence-electron chi connectivity index (χ2n) is 5.43. The number of hydrogen-bond donors (Lipinski definition) is 2. The Kier molecular flexibility index (Phi) is 5.81. The number of carboxylic acid groups (broad SMARTS) is 1. The van der Waals surface area contributed by atoms with Crippen molar-refractivity contribution in [2.45, 2.75) is 52.7 Å². The van der Waals surface area contributed by atoms with Gasteiger partial charge < -0.3 is 15.2 Å². The molecule has 0 radical (unpaired) electrons.